The number of benzene rings is 2. The highest BCUT2D eigenvalue weighted by Gasteiger charge is 2.25. The number of hydrogen-bond acceptors (Lipinski definition) is 5. The molecule has 2 heterocycles. The summed E-state index contributed by atoms with van der Waals surface area (Å²) in [7, 11) is 0. The molecule has 32 heavy (non-hydrogen) atoms. The lowest BCUT2D eigenvalue weighted by atomic mass is 9.96. The average Bonchev–Trinajstić information content (AvgIpc) is 3.14. The predicted molar refractivity (Wildman–Crippen MR) is 128 cm³/mol. The number of thioether (sulfide) groups is 1. The van der Waals surface area contributed by atoms with Gasteiger partial charge in [0.25, 0.3) is 0 Å². The number of piperidine rings is 1. The summed E-state index contributed by atoms with van der Waals surface area (Å²) < 4.78 is 5.73. The molecule has 1 amide bonds. The van der Waals surface area contributed by atoms with Crippen LogP contribution in [0.4, 0.5) is 0 Å². The molecule has 1 N–H and O–H groups in total. The molecular formula is C26H31N3O2S. The molecule has 1 fully saturated rings. The summed E-state index contributed by atoms with van der Waals surface area (Å²) >= 11 is 1.60. The Morgan fingerprint density at radius 3 is 2.38 bits per heavy atom. The Bertz CT molecular complexity index is 979. The molecule has 6 heteroatoms. The first-order valence-corrected chi connectivity index (χ1v) is 12.2. The van der Waals surface area contributed by atoms with E-state index in [2.05, 4.69) is 27.3 Å². The topological polar surface area (TPSA) is 58.4 Å². The standard InChI is InChI=1S/C26H31N3O2S/c1-19-20(2)31-24(28-19)18-29-15-13-21(14-16-29)17-27-26(30)25(22-9-5-3-6-10-22)32-23-11-7-4-8-12-23/h3-12,21,25H,13-18H2,1-2H3,(H,27,30). The fourth-order valence-electron chi connectivity index (χ4n) is 4.02. The summed E-state index contributed by atoms with van der Waals surface area (Å²) in [5, 5.41) is 2.98. The molecule has 0 aliphatic carbocycles. The van der Waals surface area contributed by atoms with Crippen LogP contribution < -0.4 is 5.32 Å². The molecule has 1 aliphatic rings. The second-order valence-electron chi connectivity index (χ2n) is 8.44. The number of nitrogens with zero attached hydrogens (tertiary/aromatic N) is 2. The maximum atomic E-state index is 13.2. The predicted octanol–water partition coefficient (Wildman–Crippen LogP) is 5.15. The minimum Gasteiger partial charge on any atom is -0.444 e. The first kappa shape index (κ1) is 22.6. The monoisotopic (exact) mass is 449 g/mol. The molecule has 0 bridgehead atoms. The van der Waals surface area contributed by atoms with Crippen molar-refractivity contribution in [2.45, 2.75) is 43.4 Å². The molecule has 3 aromatic rings. The molecule has 168 valence electrons. The molecular weight excluding hydrogens is 418 g/mol. The largest absolute Gasteiger partial charge is 0.444 e. The second kappa shape index (κ2) is 10.8. The molecule has 1 aromatic heterocycles. The van der Waals surface area contributed by atoms with E-state index in [9.17, 15) is 4.79 Å². The molecule has 0 saturated carbocycles. The van der Waals surface area contributed by atoms with E-state index >= 15 is 0 Å². The minimum atomic E-state index is -0.254. The Kier molecular flexibility index (Phi) is 7.66. The number of rotatable bonds is 8. The quantitative estimate of drug-likeness (QED) is 0.482. The van der Waals surface area contributed by atoms with Gasteiger partial charge in [0.1, 0.15) is 11.0 Å². The maximum Gasteiger partial charge on any atom is 0.238 e. The summed E-state index contributed by atoms with van der Waals surface area (Å²) in [4.78, 5) is 21.2. The molecule has 1 aliphatic heterocycles. The zero-order valence-corrected chi connectivity index (χ0v) is 19.6. The van der Waals surface area contributed by atoms with Gasteiger partial charge in [-0.1, -0.05) is 48.5 Å². The highest BCUT2D eigenvalue weighted by Crippen LogP contribution is 2.35. The van der Waals surface area contributed by atoms with E-state index in [-0.39, 0.29) is 11.2 Å². The third kappa shape index (κ3) is 6.02. The van der Waals surface area contributed by atoms with Gasteiger partial charge in [-0.3, -0.25) is 9.69 Å². The number of aromatic nitrogens is 1. The van der Waals surface area contributed by atoms with Gasteiger partial charge in [0, 0.05) is 11.4 Å². The molecule has 2 aromatic carbocycles. The van der Waals surface area contributed by atoms with Gasteiger partial charge >= 0.3 is 0 Å². The van der Waals surface area contributed by atoms with Crippen LogP contribution in [0.1, 0.15) is 41.0 Å². The number of hydrogen-bond donors (Lipinski definition) is 1. The van der Waals surface area contributed by atoms with Gasteiger partial charge in [0.05, 0.1) is 12.2 Å². The van der Waals surface area contributed by atoms with Gasteiger partial charge in [0.2, 0.25) is 11.8 Å². The Morgan fingerprint density at radius 1 is 1.09 bits per heavy atom. The first-order chi connectivity index (χ1) is 15.6. The van der Waals surface area contributed by atoms with Crippen LogP contribution >= 0.6 is 11.8 Å². The van der Waals surface area contributed by atoms with E-state index in [4.69, 9.17) is 4.42 Å². The molecule has 5 nitrogen and oxygen atoms in total. The van der Waals surface area contributed by atoms with Crippen LogP contribution in [-0.4, -0.2) is 35.4 Å². The average molecular weight is 450 g/mol. The van der Waals surface area contributed by atoms with Crippen LogP contribution in [0.25, 0.3) is 0 Å². The minimum absolute atomic E-state index is 0.0817. The van der Waals surface area contributed by atoms with E-state index in [0.29, 0.717) is 5.92 Å². The summed E-state index contributed by atoms with van der Waals surface area (Å²) in [5.41, 5.74) is 2.00. The van der Waals surface area contributed by atoms with E-state index in [1.807, 2.05) is 62.4 Å². The number of nitrogens with one attached hydrogen (secondary N) is 1. The van der Waals surface area contributed by atoms with Crippen molar-refractivity contribution in [3.63, 3.8) is 0 Å². The van der Waals surface area contributed by atoms with E-state index in [1.54, 1.807) is 11.8 Å². The lowest BCUT2D eigenvalue weighted by Crippen LogP contribution is -2.39. The lowest BCUT2D eigenvalue weighted by Gasteiger charge is -2.31. The highest BCUT2D eigenvalue weighted by molar-refractivity contribution is 8.00. The molecule has 1 atom stereocenters. The summed E-state index contributed by atoms with van der Waals surface area (Å²) in [6.45, 7) is 7.43. The van der Waals surface area contributed by atoms with E-state index < -0.39 is 0 Å². The Labute approximate surface area is 194 Å². The van der Waals surface area contributed by atoms with Crippen LogP contribution in [0.3, 0.4) is 0 Å². The van der Waals surface area contributed by atoms with Gasteiger partial charge < -0.3 is 9.73 Å². The van der Waals surface area contributed by atoms with Crippen molar-refractivity contribution in [1.82, 2.24) is 15.2 Å². The number of likely N-dealkylation sites (tertiary alicyclic amines) is 1. The van der Waals surface area contributed by atoms with Gasteiger partial charge in [0.15, 0.2) is 0 Å². The van der Waals surface area contributed by atoms with Crippen molar-refractivity contribution in [3.8, 4) is 0 Å². The fraction of sp³-hybridized carbons (Fsp3) is 0.385. The molecule has 0 spiro atoms. The van der Waals surface area contributed by atoms with Crippen molar-refractivity contribution in [2.24, 2.45) is 5.92 Å². The lowest BCUT2D eigenvalue weighted by molar-refractivity contribution is -0.120. The third-order valence-corrected chi connectivity index (χ3v) is 7.31. The smallest absolute Gasteiger partial charge is 0.238 e. The zero-order chi connectivity index (χ0) is 22.3. The normalized spacial score (nSPS) is 16.1. The summed E-state index contributed by atoms with van der Waals surface area (Å²) in [5.74, 6) is 2.29. The Hall–Kier alpha value is -2.57. The van der Waals surface area contributed by atoms with Crippen LogP contribution in [0.15, 0.2) is 70.0 Å². The van der Waals surface area contributed by atoms with Crippen molar-refractivity contribution in [1.29, 1.82) is 0 Å². The van der Waals surface area contributed by atoms with Crippen molar-refractivity contribution < 1.29 is 9.21 Å². The fourth-order valence-corrected chi connectivity index (χ4v) is 5.09. The van der Waals surface area contributed by atoms with Crippen LogP contribution in [0.5, 0.6) is 0 Å². The molecule has 1 saturated heterocycles. The van der Waals surface area contributed by atoms with Crippen LogP contribution in [0, 0.1) is 19.8 Å². The zero-order valence-electron chi connectivity index (χ0n) is 18.8. The highest BCUT2D eigenvalue weighted by atomic mass is 32.2. The van der Waals surface area contributed by atoms with Crippen molar-refractivity contribution in [3.05, 3.63) is 83.6 Å². The van der Waals surface area contributed by atoms with Crippen LogP contribution in [0.2, 0.25) is 0 Å². The molecule has 0 radical (unpaired) electrons. The van der Waals surface area contributed by atoms with Gasteiger partial charge in [-0.05, 0) is 63.4 Å². The number of carbonyl (C=O) groups is 1. The first-order valence-electron chi connectivity index (χ1n) is 11.3. The van der Waals surface area contributed by atoms with E-state index in [0.717, 1.165) is 66.8 Å². The Morgan fingerprint density at radius 2 is 1.75 bits per heavy atom. The van der Waals surface area contributed by atoms with Gasteiger partial charge in [-0.25, -0.2) is 4.98 Å². The SMILES string of the molecule is Cc1nc(CN2CCC(CNC(=O)C(Sc3ccccc3)c3ccccc3)CC2)oc1C. The van der Waals surface area contributed by atoms with Crippen molar-refractivity contribution in [2.75, 3.05) is 19.6 Å². The Balaban J connectivity index is 1.29. The summed E-state index contributed by atoms with van der Waals surface area (Å²) in [6.07, 6.45) is 2.14. The number of aryl methyl sites for hydroxylation is 2. The van der Waals surface area contributed by atoms with Gasteiger partial charge in [-0.2, -0.15) is 0 Å². The number of carbonyl (C=O) groups excluding carboxylic acids is 1. The van der Waals surface area contributed by atoms with Crippen LogP contribution in [-0.2, 0) is 11.3 Å². The van der Waals surface area contributed by atoms with E-state index in [1.165, 1.54) is 0 Å². The number of amides is 1. The molecule has 1 unspecified atom stereocenters. The van der Waals surface area contributed by atoms with Gasteiger partial charge in [-0.15, -0.1) is 11.8 Å². The third-order valence-electron chi connectivity index (χ3n) is 6.04. The second-order valence-corrected chi connectivity index (χ2v) is 9.61. The maximum absolute atomic E-state index is 13.2. The number of oxazole rings is 1. The van der Waals surface area contributed by atoms with Crippen molar-refractivity contribution >= 4 is 17.7 Å². The molecule has 4 rings (SSSR count). The summed E-state index contributed by atoms with van der Waals surface area (Å²) in [6, 6.07) is 20.2.